The third-order valence-electron chi connectivity index (χ3n) is 7.25. The Bertz CT molecular complexity index is 1470. The van der Waals surface area contributed by atoms with Crippen LogP contribution in [0.25, 0.3) is 10.9 Å². The number of piperidine rings is 1. The van der Waals surface area contributed by atoms with Gasteiger partial charge in [-0.3, -0.25) is 23.5 Å². The number of hydrogen-bond donors (Lipinski definition) is 1. The highest BCUT2D eigenvalue weighted by Crippen LogP contribution is 2.30. The molecule has 4 rings (SSSR count). The van der Waals surface area contributed by atoms with Crippen LogP contribution in [0.4, 0.5) is 0 Å². The number of carbonyl (C=O) groups excluding carboxylic acids is 2. The Kier molecular flexibility index (Phi) is 8.73. The van der Waals surface area contributed by atoms with Gasteiger partial charge < -0.3 is 19.7 Å². The van der Waals surface area contributed by atoms with E-state index in [9.17, 15) is 19.2 Å². The van der Waals surface area contributed by atoms with E-state index in [-0.39, 0.29) is 30.3 Å². The number of methoxy groups -OCH3 is 2. The van der Waals surface area contributed by atoms with Crippen molar-refractivity contribution in [3.05, 3.63) is 68.4 Å². The average molecular weight is 537 g/mol. The molecule has 208 valence electrons. The zero-order valence-electron chi connectivity index (χ0n) is 23.0. The van der Waals surface area contributed by atoms with Gasteiger partial charge in [-0.1, -0.05) is 26.0 Å². The molecule has 0 saturated carbocycles. The van der Waals surface area contributed by atoms with Crippen molar-refractivity contribution in [1.82, 2.24) is 19.4 Å². The Hall–Kier alpha value is -4.08. The smallest absolute Gasteiger partial charge is 0.332 e. The fourth-order valence-corrected chi connectivity index (χ4v) is 4.81. The predicted molar refractivity (Wildman–Crippen MR) is 149 cm³/mol. The molecule has 1 N–H and O–H groups in total. The highest BCUT2D eigenvalue weighted by molar-refractivity contribution is 5.94. The van der Waals surface area contributed by atoms with Crippen LogP contribution in [0.3, 0.4) is 0 Å². The molecule has 0 spiro atoms. The van der Waals surface area contributed by atoms with Crippen LogP contribution < -0.4 is 26.0 Å². The number of carbonyl (C=O) groups is 2. The lowest BCUT2D eigenvalue weighted by Crippen LogP contribution is -2.45. The van der Waals surface area contributed by atoms with E-state index in [1.54, 1.807) is 35.2 Å². The van der Waals surface area contributed by atoms with Gasteiger partial charge in [-0.15, -0.1) is 0 Å². The van der Waals surface area contributed by atoms with Crippen molar-refractivity contribution in [2.45, 2.75) is 46.2 Å². The molecular weight excluding hydrogens is 500 g/mol. The average Bonchev–Trinajstić information content (AvgIpc) is 2.96. The number of hydrogen-bond acceptors (Lipinski definition) is 6. The summed E-state index contributed by atoms with van der Waals surface area (Å²) < 4.78 is 13.3. The summed E-state index contributed by atoms with van der Waals surface area (Å²) in [5, 5.41) is 3.06. The summed E-state index contributed by atoms with van der Waals surface area (Å²) >= 11 is 0. The first-order chi connectivity index (χ1) is 18.8. The molecule has 10 nitrogen and oxygen atoms in total. The van der Waals surface area contributed by atoms with Crippen molar-refractivity contribution in [3.63, 3.8) is 0 Å². The van der Waals surface area contributed by atoms with Crippen LogP contribution in [0.5, 0.6) is 11.5 Å². The number of amides is 2. The van der Waals surface area contributed by atoms with E-state index in [1.165, 1.54) is 24.9 Å². The quantitative estimate of drug-likeness (QED) is 0.450. The molecule has 39 heavy (non-hydrogen) atoms. The van der Waals surface area contributed by atoms with E-state index < -0.39 is 11.2 Å². The fourth-order valence-electron chi connectivity index (χ4n) is 4.81. The topological polar surface area (TPSA) is 112 Å². The molecule has 0 atom stereocenters. The standard InChI is InChI=1S/C29H36N4O6/c1-5-12-30-27(35)21-8-6-20(7-9-21)17-33-28(36)22-15-24(38-3)25(39-4)16-23(22)32(29(33)37)18-26(34)31-13-10-19(2)11-14-31/h6-9,15-16,19H,5,10-14,17-18H2,1-4H3,(H,30,35). The minimum absolute atomic E-state index is 0.0196. The van der Waals surface area contributed by atoms with Gasteiger partial charge >= 0.3 is 5.69 Å². The van der Waals surface area contributed by atoms with Crippen molar-refractivity contribution < 1.29 is 19.1 Å². The van der Waals surface area contributed by atoms with Crippen molar-refractivity contribution >= 4 is 22.7 Å². The lowest BCUT2D eigenvalue weighted by atomic mass is 9.99. The number of likely N-dealkylation sites (tertiary alicyclic amines) is 1. The van der Waals surface area contributed by atoms with Crippen LogP contribution >= 0.6 is 0 Å². The molecule has 0 unspecified atom stereocenters. The second-order valence-corrected chi connectivity index (χ2v) is 10.0. The molecule has 1 fully saturated rings. The summed E-state index contributed by atoms with van der Waals surface area (Å²) in [6.07, 6.45) is 2.66. The first-order valence-corrected chi connectivity index (χ1v) is 13.3. The maximum absolute atomic E-state index is 13.7. The van der Waals surface area contributed by atoms with Gasteiger partial charge in [0.15, 0.2) is 11.5 Å². The summed E-state index contributed by atoms with van der Waals surface area (Å²) in [6.45, 7) is 5.78. The van der Waals surface area contributed by atoms with Gasteiger partial charge in [0, 0.05) is 31.3 Å². The summed E-state index contributed by atoms with van der Waals surface area (Å²) in [4.78, 5) is 54.6. The Balaban J connectivity index is 1.76. The van der Waals surface area contributed by atoms with E-state index in [2.05, 4.69) is 12.2 Å². The third kappa shape index (κ3) is 6.00. The minimum atomic E-state index is -0.594. The van der Waals surface area contributed by atoms with Crippen LogP contribution in [0.15, 0.2) is 46.0 Å². The predicted octanol–water partition coefficient (Wildman–Crippen LogP) is 2.63. The van der Waals surface area contributed by atoms with Gasteiger partial charge in [-0.05, 0) is 48.9 Å². The molecule has 0 radical (unpaired) electrons. The Labute approximate surface area is 227 Å². The molecule has 0 bridgehead atoms. The highest BCUT2D eigenvalue weighted by atomic mass is 16.5. The van der Waals surface area contributed by atoms with Crippen molar-refractivity contribution in [1.29, 1.82) is 0 Å². The first-order valence-electron chi connectivity index (χ1n) is 13.3. The number of rotatable bonds is 9. The SMILES string of the molecule is CCCNC(=O)c1ccc(Cn2c(=O)c3cc(OC)c(OC)cc3n(CC(=O)N3CCC(C)CC3)c2=O)cc1. The Morgan fingerprint density at radius 2 is 1.62 bits per heavy atom. The fraction of sp³-hybridized carbons (Fsp3) is 0.448. The van der Waals surface area contributed by atoms with Crippen molar-refractivity contribution in [3.8, 4) is 11.5 Å². The summed E-state index contributed by atoms with van der Waals surface area (Å²) in [5.74, 6) is 0.900. The van der Waals surface area contributed by atoms with Gasteiger partial charge in [0.05, 0.1) is 31.7 Å². The van der Waals surface area contributed by atoms with Gasteiger partial charge in [0.25, 0.3) is 11.5 Å². The van der Waals surface area contributed by atoms with Gasteiger partial charge in [-0.2, -0.15) is 0 Å². The van der Waals surface area contributed by atoms with E-state index in [0.717, 1.165) is 23.8 Å². The largest absolute Gasteiger partial charge is 0.493 e. The molecular formula is C29H36N4O6. The molecule has 1 saturated heterocycles. The van der Waals surface area contributed by atoms with Crippen LogP contribution in [-0.2, 0) is 17.9 Å². The number of aromatic nitrogens is 2. The Morgan fingerprint density at radius 1 is 0.974 bits per heavy atom. The summed E-state index contributed by atoms with van der Waals surface area (Å²) in [6, 6.07) is 9.87. The molecule has 2 amide bonds. The lowest BCUT2D eigenvalue weighted by Gasteiger charge is -2.30. The molecule has 1 aliphatic rings. The number of fused-ring (bicyclic) bond motifs is 1. The van der Waals surface area contributed by atoms with E-state index in [4.69, 9.17) is 9.47 Å². The van der Waals surface area contributed by atoms with Gasteiger partial charge in [0.2, 0.25) is 5.91 Å². The van der Waals surface area contributed by atoms with E-state index in [1.807, 2.05) is 6.92 Å². The molecule has 3 aromatic rings. The van der Waals surface area contributed by atoms with Crippen LogP contribution in [0.1, 0.15) is 49.0 Å². The first kappa shape index (κ1) is 27.9. The third-order valence-corrected chi connectivity index (χ3v) is 7.25. The number of ether oxygens (including phenoxy) is 2. The number of nitrogens with one attached hydrogen (secondary N) is 1. The maximum Gasteiger partial charge on any atom is 0.332 e. The second-order valence-electron chi connectivity index (χ2n) is 10.0. The lowest BCUT2D eigenvalue weighted by molar-refractivity contribution is -0.133. The normalized spacial score (nSPS) is 13.9. The molecule has 2 aromatic carbocycles. The number of nitrogens with zero attached hydrogens (tertiary/aromatic N) is 3. The van der Waals surface area contributed by atoms with Crippen LogP contribution in [-0.4, -0.2) is 59.7 Å². The monoisotopic (exact) mass is 536 g/mol. The highest BCUT2D eigenvalue weighted by Gasteiger charge is 2.24. The van der Waals surface area contributed by atoms with Crippen LogP contribution in [0, 0.1) is 5.92 Å². The molecule has 0 aliphatic carbocycles. The molecule has 10 heteroatoms. The zero-order chi connectivity index (χ0) is 28.1. The van der Waals surface area contributed by atoms with E-state index in [0.29, 0.717) is 53.7 Å². The summed E-state index contributed by atoms with van der Waals surface area (Å²) in [7, 11) is 2.94. The second kappa shape index (κ2) is 12.2. The minimum Gasteiger partial charge on any atom is -0.493 e. The van der Waals surface area contributed by atoms with Crippen molar-refractivity contribution in [2.75, 3.05) is 33.9 Å². The van der Waals surface area contributed by atoms with Crippen molar-refractivity contribution in [2.24, 2.45) is 5.92 Å². The number of benzene rings is 2. The van der Waals surface area contributed by atoms with Gasteiger partial charge in [-0.25, -0.2) is 4.79 Å². The van der Waals surface area contributed by atoms with Gasteiger partial charge in [0.1, 0.15) is 6.54 Å². The Morgan fingerprint density at radius 3 is 2.23 bits per heavy atom. The summed E-state index contributed by atoms with van der Waals surface area (Å²) in [5.41, 5.74) is 0.373. The molecule has 2 heterocycles. The molecule has 1 aromatic heterocycles. The maximum atomic E-state index is 13.7. The zero-order valence-corrected chi connectivity index (χ0v) is 23.0. The van der Waals surface area contributed by atoms with E-state index >= 15 is 0 Å². The van der Waals surface area contributed by atoms with Crippen LogP contribution in [0.2, 0.25) is 0 Å². The molecule has 1 aliphatic heterocycles.